The third-order valence-electron chi connectivity index (χ3n) is 2.45. The van der Waals surface area contributed by atoms with E-state index in [0.29, 0.717) is 17.9 Å². The van der Waals surface area contributed by atoms with Gasteiger partial charge in [0.2, 0.25) is 0 Å². The molecule has 92 valence electrons. The lowest BCUT2D eigenvalue weighted by Gasteiger charge is -2.06. The lowest BCUT2D eigenvalue weighted by molar-refractivity contribution is 0.0903. The molecule has 1 heterocycles. The second-order valence-electron chi connectivity index (χ2n) is 3.76. The molecular formula is C14H13NO3. The molecule has 2 aromatic rings. The molecule has 0 aliphatic rings. The van der Waals surface area contributed by atoms with E-state index in [1.165, 1.54) is 0 Å². The lowest BCUT2D eigenvalue weighted by Crippen LogP contribution is -2.04. The number of nitrogens with zero attached hydrogens (tertiary/aromatic N) is 1. The van der Waals surface area contributed by atoms with Gasteiger partial charge in [-0.15, -0.1) is 0 Å². The number of ether oxygens (including phenoxy) is 1. The minimum Gasteiger partial charge on any atom is -0.489 e. The smallest absolute Gasteiger partial charge is 0.188 e. The van der Waals surface area contributed by atoms with Gasteiger partial charge in [-0.05, 0) is 30.3 Å². The number of carbonyl (C=O) groups is 1. The molecule has 18 heavy (non-hydrogen) atoms. The van der Waals surface area contributed by atoms with Crippen LogP contribution in [0.3, 0.4) is 0 Å². The summed E-state index contributed by atoms with van der Waals surface area (Å²) >= 11 is 0. The van der Waals surface area contributed by atoms with Crippen LogP contribution in [0.4, 0.5) is 0 Å². The Kier molecular flexibility index (Phi) is 4.04. The third kappa shape index (κ3) is 3.15. The van der Waals surface area contributed by atoms with Crippen LogP contribution >= 0.6 is 0 Å². The predicted octanol–water partition coefficient (Wildman–Crippen LogP) is 1.84. The average Bonchev–Trinajstić information content (AvgIpc) is 2.46. The van der Waals surface area contributed by atoms with Crippen molar-refractivity contribution in [2.75, 3.05) is 6.61 Å². The summed E-state index contributed by atoms with van der Waals surface area (Å²) in [7, 11) is 0. The van der Waals surface area contributed by atoms with Crippen LogP contribution in [0, 0.1) is 0 Å². The van der Waals surface area contributed by atoms with Gasteiger partial charge in [0.25, 0.3) is 0 Å². The number of carbonyl (C=O) groups excluding carboxylic acids is 1. The number of aliphatic hydroxyl groups excluding tert-OH is 1. The molecule has 0 aliphatic carbocycles. The molecule has 0 saturated heterocycles. The predicted molar refractivity (Wildman–Crippen MR) is 66.4 cm³/mol. The first kappa shape index (κ1) is 12.3. The Bertz CT molecular complexity index is 508. The number of benzene rings is 1. The van der Waals surface area contributed by atoms with Gasteiger partial charge in [-0.25, -0.2) is 0 Å². The number of hydrogen-bond donors (Lipinski definition) is 1. The van der Waals surface area contributed by atoms with Crippen molar-refractivity contribution >= 4 is 5.78 Å². The maximum Gasteiger partial charge on any atom is 0.188 e. The Morgan fingerprint density at radius 1 is 1.22 bits per heavy atom. The van der Waals surface area contributed by atoms with Crippen LogP contribution in [-0.2, 0) is 6.61 Å². The maximum atomic E-state index is 11.2. The number of rotatable bonds is 5. The minimum absolute atomic E-state index is 0.297. The fourth-order valence-corrected chi connectivity index (χ4v) is 1.48. The summed E-state index contributed by atoms with van der Waals surface area (Å²) < 4.78 is 5.55. The van der Waals surface area contributed by atoms with Crippen LogP contribution in [0.15, 0.2) is 48.8 Å². The molecule has 0 unspecified atom stereocenters. The van der Waals surface area contributed by atoms with Gasteiger partial charge in [0.1, 0.15) is 19.0 Å². The highest BCUT2D eigenvalue weighted by atomic mass is 16.5. The van der Waals surface area contributed by atoms with Crippen LogP contribution < -0.4 is 4.74 Å². The number of ketones is 1. The van der Waals surface area contributed by atoms with Gasteiger partial charge in [0.05, 0.1) is 0 Å². The lowest BCUT2D eigenvalue weighted by atomic mass is 10.1. The van der Waals surface area contributed by atoms with Crippen LogP contribution in [0.25, 0.3) is 0 Å². The van der Waals surface area contributed by atoms with E-state index in [2.05, 4.69) is 4.98 Å². The summed E-state index contributed by atoms with van der Waals surface area (Å²) in [5.41, 5.74) is 1.46. The van der Waals surface area contributed by atoms with Crippen molar-refractivity contribution in [2.24, 2.45) is 0 Å². The Balaban J connectivity index is 1.97. The van der Waals surface area contributed by atoms with Gasteiger partial charge >= 0.3 is 0 Å². The molecule has 0 radical (unpaired) electrons. The zero-order chi connectivity index (χ0) is 12.8. The molecule has 0 fully saturated rings. The zero-order valence-corrected chi connectivity index (χ0v) is 9.74. The summed E-state index contributed by atoms with van der Waals surface area (Å²) in [5.74, 6) is 0.377. The maximum absolute atomic E-state index is 11.2. The first-order valence-electron chi connectivity index (χ1n) is 5.55. The van der Waals surface area contributed by atoms with Crippen molar-refractivity contribution in [1.82, 2.24) is 4.98 Å². The third-order valence-corrected chi connectivity index (χ3v) is 2.45. The molecular weight excluding hydrogens is 230 g/mol. The summed E-state index contributed by atoms with van der Waals surface area (Å²) in [6, 6.07) is 10.5. The summed E-state index contributed by atoms with van der Waals surface area (Å²) in [5, 5.41) is 8.72. The quantitative estimate of drug-likeness (QED) is 0.814. The van der Waals surface area contributed by atoms with Crippen LogP contribution in [0.5, 0.6) is 5.75 Å². The zero-order valence-electron chi connectivity index (χ0n) is 9.74. The monoisotopic (exact) mass is 243 g/mol. The number of pyridine rings is 1. The van der Waals surface area contributed by atoms with E-state index in [0.717, 1.165) is 5.56 Å². The SMILES string of the molecule is O=C(CO)c1ccc(OCc2cccnc2)cc1. The standard InChI is InChI=1S/C14H13NO3/c16-9-14(17)12-3-5-13(6-4-12)18-10-11-2-1-7-15-8-11/h1-8,16H,9-10H2. The van der Waals surface area contributed by atoms with Crippen molar-refractivity contribution in [1.29, 1.82) is 0 Å². The summed E-state index contributed by atoms with van der Waals surface area (Å²) in [4.78, 5) is 15.2. The van der Waals surface area contributed by atoms with Crippen LogP contribution in [0.1, 0.15) is 15.9 Å². The second-order valence-corrected chi connectivity index (χ2v) is 3.76. The number of Topliss-reactive ketones (excluding diaryl/α,β-unsaturated/α-hetero) is 1. The van der Waals surface area contributed by atoms with Gasteiger partial charge in [-0.1, -0.05) is 6.07 Å². The fraction of sp³-hybridized carbons (Fsp3) is 0.143. The van der Waals surface area contributed by atoms with Crippen molar-refractivity contribution < 1.29 is 14.6 Å². The highest BCUT2D eigenvalue weighted by molar-refractivity contribution is 5.96. The van der Waals surface area contributed by atoms with Crippen LogP contribution in [-0.4, -0.2) is 22.5 Å². The molecule has 4 heteroatoms. The van der Waals surface area contributed by atoms with E-state index >= 15 is 0 Å². The molecule has 0 saturated carbocycles. The topological polar surface area (TPSA) is 59.4 Å². The van der Waals surface area contributed by atoms with Gasteiger partial charge in [0, 0.05) is 23.5 Å². The normalized spacial score (nSPS) is 10.1. The van der Waals surface area contributed by atoms with E-state index in [-0.39, 0.29) is 5.78 Å². The van der Waals surface area contributed by atoms with Gasteiger partial charge in [-0.3, -0.25) is 9.78 Å². The Hall–Kier alpha value is -2.20. The highest BCUT2D eigenvalue weighted by Gasteiger charge is 2.03. The molecule has 0 amide bonds. The summed E-state index contributed by atoms with van der Waals surface area (Å²) in [6.45, 7) is -0.0446. The van der Waals surface area contributed by atoms with Crippen molar-refractivity contribution in [3.05, 3.63) is 59.9 Å². The van der Waals surface area contributed by atoms with Crippen molar-refractivity contribution in [2.45, 2.75) is 6.61 Å². The van der Waals surface area contributed by atoms with Gasteiger partial charge in [0.15, 0.2) is 5.78 Å². The Morgan fingerprint density at radius 3 is 2.61 bits per heavy atom. The number of aromatic nitrogens is 1. The molecule has 1 aromatic carbocycles. The van der Waals surface area contributed by atoms with E-state index in [9.17, 15) is 4.79 Å². The van der Waals surface area contributed by atoms with Gasteiger partial charge in [-0.2, -0.15) is 0 Å². The molecule has 2 rings (SSSR count). The highest BCUT2D eigenvalue weighted by Crippen LogP contribution is 2.14. The van der Waals surface area contributed by atoms with Crippen molar-refractivity contribution in [3.8, 4) is 5.75 Å². The average molecular weight is 243 g/mol. The molecule has 1 N–H and O–H groups in total. The minimum atomic E-state index is -0.476. The molecule has 0 aliphatic heterocycles. The molecule has 1 aromatic heterocycles. The molecule has 0 spiro atoms. The fourth-order valence-electron chi connectivity index (χ4n) is 1.48. The van der Waals surface area contributed by atoms with E-state index < -0.39 is 6.61 Å². The number of hydrogen-bond acceptors (Lipinski definition) is 4. The van der Waals surface area contributed by atoms with E-state index in [1.807, 2.05) is 12.1 Å². The molecule has 0 bridgehead atoms. The summed E-state index contributed by atoms with van der Waals surface area (Å²) in [6.07, 6.45) is 3.45. The Morgan fingerprint density at radius 2 is 2.00 bits per heavy atom. The number of aliphatic hydroxyl groups is 1. The molecule has 4 nitrogen and oxygen atoms in total. The first-order chi connectivity index (χ1) is 8.79. The van der Waals surface area contributed by atoms with Gasteiger partial charge < -0.3 is 9.84 Å². The molecule has 0 atom stereocenters. The van der Waals surface area contributed by atoms with Crippen molar-refractivity contribution in [3.63, 3.8) is 0 Å². The van der Waals surface area contributed by atoms with E-state index in [4.69, 9.17) is 9.84 Å². The second kappa shape index (κ2) is 5.93. The first-order valence-corrected chi connectivity index (χ1v) is 5.55. The largest absolute Gasteiger partial charge is 0.489 e. The van der Waals surface area contributed by atoms with Crippen LogP contribution in [0.2, 0.25) is 0 Å². The van der Waals surface area contributed by atoms with E-state index in [1.54, 1.807) is 36.7 Å². The Labute approximate surface area is 105 Å².